The minimum Gasteiger partial charge on any atom is -0.472 e. The van der Waals surface area contributed by atoms with E-state index in [1.54, 1.807) is 24.9 Å². The lowest BCUT2D eigenvalue weighted by molar-refractivity contribution is 0.0954. The average molecular weight is 313 g/mol. The summed E-state index contributed by atoms with van der Waals surface area (Å²) in [6, 6.07) is 3.87. The first kappa shape index (κ1) is 14.5. The van der Waals surface area contributed by atoms with E-state index >= 15 is 0 Å². The number of nitrogens with one attached hydrogen (secondary N) is 1. The summed E-state index contributed by atoms with van der Waals surface area (Å²) >= 11 is 1.41. The van der Waals surface area contributed by atoms with Crippen LogP contribution >= 0.6 is 11.3 Å². The molecule has 1 N–H and O–H groups in total. The van der Waals surface area contributed by atoms with E-state index in [1.165, 1.54) is 11.3 Å². The second kappa shape index (κ2) is 6.11. The normalized spacial score (nSPS) is 10.6. The molecule has 0 aliphatic heterocycles. The van der Waals surface area contributed by atoms with E-state index in [0.29, 0.717) is 11.4 Å². The number of thiazole rings is 1. The molecule has 22 heavy (non-hydrogen) atoms. The van der Waals surface area contributed by atoms with Crippen molar-refractivity contribution in [3.63, 3.8) is 0 Å². The number of furan rings is 1. The molecule has 3 rings (SSSR count). The Morgan fingerprint density at radius 2 is 2.18 bits per heavy atom. The van der Waals surface area contributed by atoms with Gasteiger partial charge in [-0.1, -0.05) is 0 Å². The average Bonchev–Trinajstić information content (AvgIpc) is 3.15. The highest BCUT2D eigenvalue weighted by atomic mass is 32.1. The fraction of sp³-hybridized carbons (Fsp3) is 0.188. The summed E-state index contributed by atoms with van der Waals surface area (Å²) in [5, 5.41) is 3.80. The van der Waals surface area contributed by atoms with Gasteiger partial charge >= 0.3 is 0 Å². The summed E-state index contributed by atoms with van der Waals surface area (Å²) in [6.45, 7) is 4.17. The minimum absolute atomic E-state index is 0.100. The zero-order valence-electron chi connectivity index (χ0n) is 12.3. The number of carbonyl (C=O) groups excluding carboxylic acids is 1. The van der Waals surface area contributed by atoms with Crippen LogP contribution < -0.4 is 5.32 Å². The van der Waals surface area contributed by atoms with E-state index in [1.807, 2.05) is 26.0 Å². The third-order valence-electron chi connectivity index (χ3n) is 3.21. The van der Waals surface area contributed by atoms with Gasteiger partial charge in [0.05, 0.1) is 23.2 Å². The molecule has 3 aromatic rings. The SMILES string of the molecule is Cc1nc(C)c(C(=O)NCc2cncc(-c3ccoc3)c2)s1. The lowest BCUT2D eigenvalue weighted by Gasteiger charge is -2.05. The number of aromatic nitrogens is 2. The standard InChI is InChI=1S/C16H15N3O2S/c1-10-15(22-11(2)19-10)16(20)18-7-12-5-14(8-17-6-12)13-3-4-21-9-13/h3-6,8-9H,7H2,1-2H3,(H,18,20). The first-order valence-corrected chi connectivity index (χ1v) is 7.64. The van der Waals surface area contributed by atoms with E-state index in [9.17, 15) is 4.79 Å². The van der Waals surface area contributed by atoms with Gasteiger partial charge in [-0.05, 0) is 31.5 Å². The monoisotopic (exact) mass is 313 g/mol. The van der Waals surface area contributed by atoms with Crippen molar-refractivity contribution >= 4 is 17.2 Å². The van der Waals surface area contributed by atoms with Crippen LogP contribution in [0.1, 0.15) is 25.9 Å². The van der Waals surface area contributed by atoms with Gasteiger partial charge in [0.15, 0.2) is 0 Å². The highest BCUT2D eigenvalue weighted by Gasteiger charge is 2.13. The maximum Gasteiger partial charge on any atom is 0.263 e. The van der Waals surface area contributed by atoms with E-state index in [2.05, 4.69) is 15.3 Å². The molecule has 3 heterocycles. The quantitative estimate of drug-likeness (QED) is 0.802. The number of hydrogen-bond acceptors (Lipinski definition) is 5. The molecule has 3 aromatic heterocycles. The molecule has 0 spiro atoms. The van der Waals surface area contributed by atoms with Crippen molar-refractivity contribution in [2.75, 3.05) is 0 Å². The number of nitrogens with zero attached hydrogens (tertiary/aromatic N) is 2. The molecule has 0 aliphatic rings. The molecule has 112 valence electrons. The van der Waals surface area contributed by atoms with Crippen molar-refractivity contribution in [3.8, 4) is 11.1 Å². The van der Waals surface area contributed by atoms with Gasteiger partial charge in [0.1, 0.15) is 4.88 Å². The Bertz CT molecular complexity index is 794. The van der Waals surface area contributed by atoms with E-state index in [4.69, 9.17) is 4.42 Å². The summed E-state index contributed by atoms with van der Waals surface area (Å²) in [5.41, 5.74) is 3.64. The van der Waals surface area contributed by atoms with Gasteiger partial charge in [-0.25, -0.2) is 4.98 Å². The summed E-state index contributed by atoms with van der Waals surface area (Å²) in [6.07, 6.45) is 6.81. The van der Waals surface area contributed by atoms with Crippen molar-refractivity contribution in [1.82, 2.24) is 15.3 Å². The fourth-order valence-electron chi connectivity index (χ4n) is 2.18. The maximum atomic E-state index is 12.2. The molecule has 0 aliphatic carbocycles. The van der Waals surface area contributed by atoms with Crippen LogP contribution in [0.15, 0.2) is 41.5 Å². The summed E-state index contributed by atoms with van der Waals surface area (Å²) in [5.74, 6) is -0.100. The van der Waals surface area contributed by atoms with E-state index in [-0.39, 0.29) is 5.91 Å². The molecule has 5 nitrogen and oxygen atoms in total. The number of rotatable bonds is 4. The molecule has 0 saturated carbocycles. The summed E-state index contributed by atoms with van der Waals surface area (Å²) in [7, 11) is 0. The van der Waals surface area contributed by atoms with Gasteiger partial charge in [0, 0.05) is 30.1 Å². The smallest absolute Gasteiger partial charge is 0.263 e. The molecule has 1 amide bonds. The van der Waals surface area contributed by atoms with Crippen LogP contribution in [0.4, 0.5) is 0 Å². The number of hydrogen-bond donors (Lipinski definition) is 1. The predicted octanol–water partition coefficient (Wildman–Crippen LogP) is 3.34. The zero-order valence-corrected chi connectivity index (χ0v) is 13.1. The van der Waals surface area contributed by atoms with E-state index < -0.39 is 0 Å². The number of amides is 1. The first-order valence-electron chi connectivity index (χ1n) is 6.82. The molecule has 0 saturated heterocycles. The molecule has 0 fully saturated rings. The molecule has 0 atom stereocenters. The third kappa shape index (κ3) is 3.07. The Labute approximate surface area is 132 Å². The number of pyridine rings is 1. The van der Waals surface area contributed by atoms with Crippen LogP contribution in [0.3, 0.4) is 0 Å². The fourth-order valence-corrected chi connectivity index (χ4v) is 3.01. The van der Waals surface area contributed by atoms with Crippen LogP contribution in [0.5, 0.6) is 0 Å². The second-order valence-corrected chi connectivity index (χ2v) is 6.13. The number of aryl methyl sites for hydroxylation is 2. The van der Waals surface area contributed by atoms with Crippen LogP contribution in [0.25, 0.3) is 11.1 Å². The van der Waals surface area contributed by atoms with E-state index in [0.717, 1.165) is 27.4 Å². The van der Waals surface area contributed by atoms with Crippen molar-refractivity contribution in [2.45, 2.75) is 20.4 Å². The van der Waals surface area contributed by atoms with Gasteiger partial charge in [-0.2, -0.15) is 0 Å². The van der Waals surface area contributed by atoms with Gasteiger partial charge in [0.25, 0.3) is 5.91 Å². The summed E-state index contributed by atoms with van der Waals surface area (Å²) in [4.78, 5) is 21.3. The van der Waals surface area contributed by atoms with Crippen molar-refractivity contribution in [1.29, 1.82) is 0 Å². The molecule has 0 unspecified atom stereocenters. The lowest BCUT2D eigenvalue weighted by Crippen LogP contribution is -2.22. The lowest BCUT2D eigenvalue weighted by atomic mass is 10.1. The van der Waals surface area contributed by atoms with Crippen molar-refractivity contribution < 1.29 is 9.21 Å². The molecule has 0 bridgehead atoms. The number of carbonyl (C=O) groups is 1. The van der Waals surface area contributed by atoms with Gasteiger partial charge in [-0.3, -0.25) is 9.78 Å². The minimum atomic E-state index is -0.100. The van der Waals surface area contributed by atoms with Crippen molar-refractivity contribution in [3.05, 3.63) is 58.2 Å². The topological polar surface area (TPSA) is 68.0 Å². The molecule has 6 heteroatoms. The first-order chi connectivity index (χ1) is 10.6. The summed E-state index contributed by atoms with van der Waals surface area (Å²) < 4.78 is 5.08. The Hall–Kier alpha value is -2.47. The van der Waals surface area contributed by atoms with Crippen molar-refractivity contribution in [2.24, 2.45) is 0 Å². The van der Waals surface area contributed by atoms with Gasteiger partial charge in [-0.15, -0.1) is 11.3 Å². The van der Waals surface area contributed by atoms with Gasteiger partial charge in [0.2, 0.25) is 0 Å². The maximum absolute atomic E-state index is 12.2. The van der Waals surface area contributed by atoms with Gasteiger partial charge < -0.3 is 9.73 Å². The zero-order chi connectivity index (χ0) is 15.5. The molecular formula is C16H15N3O2S. The molecule has 0 radical (unpaired) electrons. The Kier molecular flexibility index (Phi) is 4.02. The third-order valence-corrected chi connectivity index (χ3v) is 4.28. The van der Waals surface area contributed by atoms with Crippen LogP contribution in [0.2, 0.25) is 0 Å². The van der Waals surface area contributed by atoms with Crippen LogP contribution in [0, 0.1) is 13.8 Å². The molecular weight excluding hydrogens is 298 g/mol. The van der Waals surface area contributed by atoms with Crippen LogP contribution in [-0.4, -0.2) is 15.9 Å². The Morgan fingerprint density at radius 1 is 1.32 bits per heavy atom. The Morgan fingerprint density at radius 3 is 2.86 bits per heavy atom. The highest BCUT2D eigenvalue weighted by molar-refractivity contribution is 7.13. The molecule has 0 aromatic carbocycles. The Balaban J connectivity index is 1.70. The highest BCUT2D eigenvalue weighted by Crippen LogP contribution is 2.20. The second-order valence-electron chi connectivity index (χ2n) is 4.92. The largest absolute Gasteiger partial charge is 0.472 e. The van der Waals surface area contributed by atoms with Crippen LogP contribution in [-0.2, 0) is 6.54 Å². The predicted molar refractivity (Wildman–Crippen MR) is 84.7 cm³/mol.